The number of carbonyl (C=O) groups is 4. The molecule has 4 rings (SSSR count). The van der Waals surface area contributed by atoms with Gasteiger partial charge in [-0.15, -0.1) is 0 Å². The molecule has 1 aliphatic rings. The van der Waals surface area contributed by atoms with Crippen LogP contribution in [0.5, 0.6) is 0 Å². The van der Waals surface area contributed by atoms with Crippen LogP contribution in [0.4, 0.5) is 5.69 Å². The lowest BCUT2D eigenvalue weighted by Gasteiger charge is -2.32. The number of amides is 3. The van der Waals surface area contributed by atoms with E-state index in [0.717, 1.165) is 12.8 Å². The first-order chi connectivity index (χ1) is 17.9. The summed E-state index contributed by atoms with van der Waals surface area (Å²) in [5.41, 5.74) is 1.32. The summed E-state index contributed by atoms with van der Waals surface area (Å²) in [4.78, 5) is 53.1. The molecule has 3 aromatic rings. The van der Waals surface area contributed by atoms with Crippen LogP contribution >= 0.6 is 0 Å². The Bertz CT molecular complexity index is 1240. The van der Waals surface area contributed by atoms with E-state index in [4.69, 9.17) is 9.15 Å². The summed E-state index contributed by atoms with van der Waals surface area (Å²) in [6.45, 7) is 2.00. The lowest BCUT2D eigenvalue weighted by Crippen LogP contribution is -2.48. The fourth-order valence-electron chi connectivity index (χ4n) is 4.22. The second-order valence-electron chi connectivity index (χ2n) is 8.72. The van der Waals surface area contributed by atoms with Gasteiger partial charge in [0.25, 0.3) is 5.91 Å². The largest absolute Gasteiger partial charge is 0.459 e. The van der Waals surface area contributed by atoms with Crippen LogP contribution in [0.3, 0.4) is 0 Å². The molecule has 9 heteroatoms. The van der Waals surface area contributed by atoms with Crippen LogP contribution in [0.25, 0.3) is 0 Å². The maximum Gasteiger partial charge on any atom is 0.287 e. The Kier molecular flexibility index (Phi) is 8.48. The number of nitrogens with zero attached hydrogens (tertiary/aromatic N) is 1. The summed E-state index contributed by atoms with van der Waals surface area (Å²) in [5, 5.41) is 5.48. The monoisotopic (exact) mass is 503 g/mol. The summed E-state index contributed by atoms with van der Waals surface area (Å²) in [6.07, 6.45) is 3.05. The van der Waals surface area contributed by atoms with Crippen molar-refractivity contribution < 1.29 is 28.3 Å². The van der Waals surface area contributed by atoms with Crippen molar-refractivity contribution in [3.05, 3.63) is 89.9 Å². The van der Waals surface area contributed by atoms with Crippen molar-refractivity contribution in [1.29, 1.82) is 0 Å². The van der Waals surface area contributed by atoms with Crippen molar-refractivity contribution in [2.75, 3.05) is 24.6 Å². The highest BCUT2D eigenvalue weighted by Crippen LogP contribution is 2.29. The lowest BCUT2D eigenvalue weighted by molar-refractivity contribution is -0.126. The van der Waals surface area contributed by atoms with Crippen molar-refractivity contribution >= 4 is 29.2 Å². The second-order valence-corrected chi connectivity index (χ2v) is 8.72. The number of Topliss-reactive ketones (excluding diaryl/α,β-unsaturated/α-hetero) is 1. The number of furan rings is 1. The van der Waals surface area contributed by atoms with E-state index >= 15 is 0 Å². The summed E-state index contributed by atoms with van der Waals surface area (Å²) < 4.78 is 10.7. The Morgan fingerprint density at radius 3 is 2.49 bits per heavy atom. The van der Waals surface area contributed by atoms with E-state index in [9.17, 15) is 19.2 Å². The summed E-state index contributed by atoms with van der Waals surface area (Å²) in [7, 11) is 0. The first kappa shape index (κ1) is 25.8. The molecule has 2 heterocycles. The number of carbonyl (C=O) groups excluding carboxylic acids is 4. The summed E-state index contributed by atoms with van der Waals surface area (Å²) >= 11 is 0. The van der Waals surface area contributed by atoms with Crippen LogP contribution in [-0.2, 0) is 14.3 Å². The minimum absolute atomic E-state index is 0.0619. The average Bonchev–Trinajstić information content (AvgIpc) is 3.64. The van der Waals surface area contributed by atoms with Gasteiger partial charge in [-0.05, 0) is 49.6 Å². The van der Waals surface area contributed by atoms with Crippen molar-refractivity contribution in [2.24, 2.45) is 0 Å². The number of ether oxygens (including phenoxy) is 1. The highest BCUT2D eigenvalue weighted by Gasteiger charge is 2.33. The van der Waals surface area contributed by atoms with Gasteiger partial charge in [-0.1, -0.05) is 42.5 Å². The molecule has 0 unspecified atom stereocenters. The molecule has 2 N–H and O–H groups in total. The van der Waals surface area contributed by atoms with Gasteiger partial charge in [0.2, 0.25) is 11.8 Å². The quantitative estimate of drug-likeness (QED) is 0.410. The van der Waals surface area contributed by atoms with Crippen molar-refractivity contribution in [2.45, 2.75) is 31.9 Å². The van der Waals surface area contributed by atoms with Gasteiger partial charge in [0.1, 0.15) is 6.04 Å². The van der Waals surface area contributed by atoms with Gasteiger partial charge in [-0.2, -0.15) is 0 Å². The van der Waals surface area contributed by atoms with Crippen LogP contribution < -0.4 is 15.5 Å². The molecular weight excluding hydrogens is 474 g/mol. The molecule has 1 saturated heterocycles. The minimum Gasteiger partial charge on any atom is -0.459 e. The van der Waals surface area contributed by atoms with Crippen molar-refractivity contribution in [3.8, 4) is 0 Å². The molecule has 1 fully saturated rings. The number of anilines is 1. The Morgan fingerprint density at radius 2 is 1.81 bits per heavy atom. The van der Waals surface area contributed by atoms with Crippen LogP contribution in [0.1, 0.15) is 52.3 Å². The third kappa shape index (κ3) is 6.50. The van der Waals surface area contributed by atoms with Crippen LogP contribution in [-0.4, -0.2) is 49.3 Å². The van der Waals surface area contributed by atoms with Gasteiger partial charge >= 0.3 is 0 Å². The lowest BCUT2D eigenvalue weighted by atomic mass is 10.0. The van der Waals surface area contributed by atoms with Gasteiger partial charge in [0, 0.05) is 24.4 Å². The molecule has 2 atom stereocenters. The molecule has 1 aliphatic heterocycles. The first-order valence-electron chi connectivity index (χ1n) is 12.1. The fraction of sp³-hybridized carbons (Fsp3) is 0.286. The van der Waals surface area contributed by atoms with E-state index in [1.807, 2.05) is 6.07 Å². The van der Waals surface area contributed by atoms with Gasteiger partial charge < -0.3 is 19.8 Å². The summed E-state index contributed by atoms with van der Waals surface area (Å²) in [6, 6.07) is 17.4. The Hall–Kier alpha value is -4.24. The molecule has 1 aromatic heterocycles. The topological polar surface area (TPSA) is 118 Å². The van der Waals surface area contributed by atoms with E-state index < -0.39 is 30.3 Å². The molecule has 0 spiro atoms. The molecule has 0 saturated carbocycles. The molecule has 9 nitrogen and oxygen atoms in total. The second kappa shape index (κ2) is 12.1. The summed E-state index contributed by atoms with van der Waals surface area (Å²) in [5.74, 6) is -1.62. The molecular formula is C28H29N3O6. The van der Waals surface area contributed by atoms with Gasteiger partial charge in [0.15, 0.2) is 11.5 Å². The van der Waals surface area contributed by atoms with Gasteiger partial charge in [-0.3, -0.25) is 24.1 Å². The average molecular weight is 504 g/mol. The third-order valence-electron chi connectivity index (χ3n) is 6.09. The number of hydrogen-bond donors (Lipinski definition) is 2. The first-order valence-corrected chi connectivity index (χ1v) is 12.1. The minimum atomic E-state index is -1.06. The predicted molar refractivity (Wildman–Crippen MR) is 136 cm³/mol. The van der Waals surface area contributed by atoms with Crippen molar-refractivity contribution in [3.63, 3.8) is 0 Å². The SMILES string of the molecule is CC(=O)c1cccc(N(C(=O)CNC(=O)c2ccco2)[C@H](C(=O)NC[C@H]2CCCO2)c2ccccc2)c1. The van der Waals surface area contributed by atoms with Gasteiger partial charge in [-0.25, -0.2) is 0 Å². The van der Waals surface area contributed by atoms with Crippen LogP contribution in [0.15, 0.2) is 77.4 Å². The standard InChI is InChI=1S/C28H29N3O6/c1-19(32)21-10-5-11-22(16-21)31(25(33)18-30-27(34)24-13-7-15-37-24)26(20-8-3-2-4-9-20)28(35)29-17-23-12-6-14-36-23/h2-5,7-11,13,15-16,23,26H,6,12,14,17-18H2,1H3,(H,29,35)(H,30,34)/t23-,26+/m1/s1. The van der Waals surface area contributed by atoms with E-state index in [2.05, 4.69) is 10.6 Å². The zero-order chi connectivity index (χ0) is 26.2. The van der Waals surface area contributed by atoms with E-state index in [0.29, 0.717) is 30.0 Å². The highest BCUT2D eigenvalue weighted by molar-refractivity contribution is 6.05. The van der Waals surface area contributed by atoms with Gasteiger partial charge in [0.05, 0.1) is 18.9 Å². The highest BCUT2D eigenvalue weighted by atomic mass is 16.5. The fourth-order valence-corrected chi connectivity index (χ4v) is 4.22. The smallest absolute Gasteiger partial charge is 0.287 e. The van der Waals surface area contributed by atoms with E-state index in [1.165, 1.54) is 24.2 Å². The maximum absolute atomic E-state index is 13.7. The number of nitrogens with one attached hydrogen (secondary N) is 2. The van der Waals surface area contributed by atoms with E-state index in [-0.39, 0.29) is 17.6 Å². The number of benzene rings is 2. The zero-order valence-corrected chi connectivity index (χ0v) is 20.5. The molecule has 0 radical (unpaired) electrons. The molecule has 2 aromatic carbocycles. The zero-order valence-electron chi connectivity index (χ0n) is 20.5. The number of ketones is 1. The third-order valence-corrected chi connectivity index (χ3v) is 6.09. The predicted octanol–water partition coefficient (Wildman–Crippen LogP) is 3.28. The van der Waals surface area contributed by atoms with Crippen molar-refractivity contribution in [1.82, 2.24) is 10.6 Å². The Labute approximate surface area is 214 Å². The number of rotatable bonds is 10. The maximum atomic E-state index is 13.7. The molecule has 37 heavy (non-hydrogen) atoms. The normalized spacial score (nSPS) is 15.5. The molecule has 192 valence electrons. The molecule has 0 aliphatic carbocycles. The number of hydrogen-bond acceptors (Lipinski definition) is 6. The molecule has 3 amide bonds. The van der Waals surface area contributed by atoms with E-state index in [1.54, 1.807) is 54.6 Å². The van der Waals surface area contributed by atoms with Crippen LogP contribution in [0.2, 0.25) is 0 Å². The molecule has 0 bridgehead atoms. The Morgan fingerprint density at radius 1 is 1.00 bits per heavy atom. The van der Waals surface area contributed by atoms with Crippen LogP contribution in [0, 0.1) is 0 Å². The Balaban J connectivity index is 1.67.